The number of ether oxygens (including phenoxy) is 1. The first-order chi connectivity index (χ1) is 14.6. The Labute approximate surface area is 206 Å². The molecule has 1 aliphatic heterocycles. The highest BCUT2D eigenvalue weighted by atomic mass is 127. The van der Waals surface area contributed by atoms with Gasteiger partial charge in [-0.2, -0.15) is 0 Å². The van der Waals surface area contributed by atoms with Gasteiger partial charge in [-0.1, -0.05) is 41.9 Å². The number of likely N-dealkylation sites (tertiary alicyclic amines) is 1. The fourth-order valence-electron chi connectivity index (χ4n) is 3.43. The molecular formula is C23H30ClIN4O2. The van der Waals surface area contributed by atoms with Crippen LogP contribution in [-0.4, -0.2) is 44.0 Å². The Morgan fingerprint density at radius 3 is 2.52 bits per heavy atom. The topological polar surface area (TPSA) is 66.0 Å². The maximum Gasteiger partial charge on any atom is 0.222 e. The first-order valence-corrected chi connectivity index (χ1v) is 10.6. The summed E-state index contributed by atoms with van der Waals surface area (Å²) in [6.07, 6.45) is 2.43. The van der Waals surface area contributed by atoms with Crippen LogP contribution in [0.4, 0.5) is 0 Å². The van der Waals surface area contributed by atoms with Gasteiger partial charge in [0.2, 0.25) is 5.91 Å². The Bertz CT molecular complexity index is 890. The van der Waals surface area contributed by atoms with E-state index in [1.54, 1.807) is 14.2 Å². The van der Waals surface area contributed by atoms with Crippen LogP contribution in [-0.2, 0) is 24.3 Å². The molecule has 1 amide bonds. The minimum Gasteiger partial charge on any atom is -0.497 e. The van der Waals surface area contributed by atoms with E-state index in [0.717, 1.165) is 47.8 Å². The molecule has 0 bridgehead atoms. The van der Waals surface area contributed by atoms with Crippen LogP contribution in [0.15, 0.2) is 47.5 Å². The second kappa shape index (κ2) is 12.8. The first kappa shape index (κ1) is 25.3. The van der Waals surface area contributed by atoms with Gasteiger partial charge >= 0.3 is 0 Å². The standard InChI is InChI=1S/C23H29ClN4O2.HI/c1-25-23(26-12-11-19-9-10-20(30-2)14-21(19)24)27-15-17-5-7-18(8-6-17)16-28-13-3-4-22(28)29;/h5-10,14H,3-4,11-13,15-16H2,1-2H3,(H2,25,26,27);1H. The van der Waals surface area contributed by atoms with Gasteiger partial charge < -0.3 is 20.3 Å². The molecule has 1 aliphatic rings. The summed E-state index contributed by atoms with van der Waals surface area (Å²) in [5.41, 5.74) is 3.38. The highest BCUT2D eigenvalue weighted by Crippen LogP contribution is 2.22. The molecule has 3 rings (SSSR count). The molecule has 0 radical (unpaired) electrons. The van der Waals surface area contributed by atoms with E-state index in [2.05, 4.69) is 39.9 Å². The Balaban J connectivity index is 0.00000341. The molecular weight excluding hydrogens is 527 g/mol. The second-order valence-corrected chi connectivity index (χ2v) is 7.70. The van der Waals surface area contributed by atoms with Gasteiger partial charge in [-0.3, -0.25) is 9.79 Å². The molecule has 168 valence electrons. The number of amides is 1. The minimum atomic E-state index is 0. The van der Waals surface area contributed by atoms with Gasteiger partial charge in [0.15, 0.2) is 5.96 Å². The fourth-order valence-corrected chi connectivity index (χ4v) is 3.70. The number of aliphatic imine (C=N–C) groups is 1. The van der Waals surface area contributed by atoms with Crippen molar-refractivity contribution in [2.24, 2.45) is 4.99 Å². The number of nitrogens with zero attached hydrogens (tertiary/aromatic N) is 2. The molecule has 2 aromatic rings. The second-order valence-electron chi connectivity index (χ2n) is 7.30. The molecule has 2 N–H and O–H groups in total. The van der Waals surface area contributed by atoms with E-state index in [1.165, 1.54) is 0 Å². The number of guanidine groups is 1. The van der Waals surface area contributed by atoms with E-state index in [4.69, 9.17) is 16.3 Å². The lowest BCUT2D eigenvalue weighted by Gasteiger charge is -2.16. The molecule has 0 aromatic heterocycles. The number of methoxy groups -OCH3 is 1. The van der Waals surface area contributed by atoms with Crippen molar-refractivity contribution in [1.29, 1.82) is 0 Å². The lowest BCUT2D eigenvalue weighted by Crippen LogP contribution is -2.37. The summed E-state index contributed by atoms with van der Waals surface area (Å²) in [4.78, 5) is 18.0. The highest BCUT2D eigenvalue weighted by molar-refractivity contribution is 14.0. The molecule has 2 aromatic carbocycles. The lowest BCUT2D eigenvalue weighted by molar-refractivity contribution is -0.128. The zero-order valence-electron chi connectivity index (χ0n) is 18.0. The summed E-state index contributed by atoms with van der Waals surface area (Å²) in [7, 11) is 3.39. The van der Waals surface area contributed by atoms with Crippen LogP contribution < -0.4 is 15.4 Å². The van der Waals surface area contributed by atoms with Crippen LogP contribution in [0.25, 0.3) is 0 Å². The third-order valence-electron chi connectivity index (χ3n) is 5.20. The minimum absolute atomic E-state index is 0. The molecule has 8 heteroatoms. The summed E-state index contributed by atoms with van der Waals surface area (Å²) in [5.74, 6) is 1.75. The molecule has 6 nitrogen and oxygen atoms in total. The van der Waals surface area contributed by atoms with E-state index in [1.807, 2.05) is 23.1 Å². The number of carbonyl (C=O) groups excluding carboxylic acids is 1. The average molecular weight is 557 g/mol. The summed E-state index contributed by atoms with van der Waals surface area (Å²) in [5, 5.41) is 7.34. The normalized spacial score (nSPS) is 13.7. The van der Waals surface area contributed by atoms with Crippen molar-refractivity contribution in [3.8, 4) is 5.75 Å². The maximum atomic E-state index is 11.8. The Kier molecular flexibility index (Phi) is 10.4. The average Bonchev–Trinajstić information content (AvgIpc) is 3.16. The SMILES string of the molecule is CN=C(NCCc1ccc(OC)cc1Cl)NCc1ccc(CN2CCCC2=O)cc1.I. The van der Waals surface area contributed by atoms with Crippen molar-refractivity contribution in [3.63, 3.8) is 0 Å². The molecule has 1 saturated heterocycles. The number of rotatable bonds is 8. The number of hydrogen-bond acceptors (Lipinski definition) is 3. The summed E-state index contributed by atoms with van der Waals surface area (Å²) >= 11 is 6.30. The van der Waals surface area contributed by atoms with Gasteiger partial charge in [0.1, 0.15) is 5.75 Å². The van der Waals surface area contributed by atoms with Crippen LogP contribution in [0, 0.1) is 0 Å². The van der Waals surface area contributed by atoms with Crippen LogP contribution in [0.5, 0.6) is 5.75 Å². The maximum absolute atomic E-state index is 11.8. The van der Waals surface area contributed by atoms with Crippen molar-refractivity contribution in [2.45, 2.75) is 32.4 Å². The summed E-state index contributed by atoms with van der Waals surface area (Å²) in [6.45, 7) is 2.95. The third-order valence-corrected chi connectivity index (χ3v) is 5.55. The number of benzene rings is 2. The van der Waals surface area contributed by atoms with E-state index in [9.17, 15) is 4.79 Å². The Morgan fingerprint density at radius 1 is 1.16 bits per heavy atom. The van der Waals surface area contributed by atoms with Gasteiger partial charge in [0.25, 0.3) is 0 Å². The first-order valence-electron chi connectivity index (χ1n) is 10.2. The predicted octanol–water partition coefficient (Wildman–Crippen LogP) is 4.00. The van der Waals surface area contributed by atoms with Crippen molar-refractivity contribution in [3.05, 3.63) is 64.2 Å². The van der Waals surface area contributed by atoms with E-state index in [0.29, 0.717) is 31.1 Å². The molecule has 1 fully saturated rings. The monoisotopic (exact) mass is 556 g/mol. The molecule has 0 unspecified atom stereocenters. The Morgan fingerprint density at radius 2 is 1.90 bits per heavy atom. The smallest absolute Gasteiger partial charge is 0.222 e. The van der Waals surface area contributed by atoms with Crippen molar-refractivity contribution in [1.82, 2.24) is 15.5 Å². The van der Waals surface area contributed by atoms with E-state index < -0.39 is 0 Å². The van der Waals surface area contributed by atoms with Crippen LogP contribution in [0.2, 0.25) is 5.02 Å². The highest BCUT2D eigenvalue weighted by Gasteiger charge is 2.19. The summed E-state index contributed by atoms with van der Waals surface area (Å²) < 4.78 is 5.18. The van der Waals surface area contributed by atoms with Crippen molar-refractivity contribution < 1.29 is 9.53 Å². The van der Waals surface area contributed by atoms with Crippen LogP contribution in [0.1, 0.15) is 29.5 Å². The predicted molar refractivity (Wildman–Crippen MR) is 136 cm³/mol. The quantitative estimate of drug-likeness (QED) is 0.293. The van der Waals surface area contributed by atoms with Crippen molar-refractivity contribution >= 4 is 47.4 Å². The van der Waals surface area contributed by atoms with Crippen LogP contribution >= 0.6 is 35.6 Å². The van der Waals surface area contributed by atoms with Gasteiger partial charge in [-0.25, -0.2) is 0 Å². The molecule has 0 aliphatic carbocycles. The van der Waals surface area contributed by atoms with Crippen LogP contribution in [0.3, 0.4) is 0 Å². The number of halogens is 2. The molecule has 1 heterocycles. The molecule has 0 saturated carbocycles. The largest absolute Gasteiger partial charge is 0.497 e. The van der Waals surface area contributed by atoms with Crippen molar-refractivity contribution in [2.75, 3.05) is 27.2 Å². The molecule has 31 heavy (non-hydrogen) atoms. The summed E-state index contributed by atoms with van der Waals surface area (Å²) in [6, 6.07) is 14.1. The number of nitrogens with one attached hydrogen (secondary N) is 2. The lowest BCUT2D eigenvalue weighted by atomic mass is 10.1. The Hall–Kier alpha value is -2.00. The van der Waals surface area contributed by atoms with E-state index in [-0.39, 0.29) is 29.9 Å². The van der Waals surface area contributed by atoms with Gasteiger partial charge in [0, 0.05) is 44.7 Å². The van der Waals surface area contributed by atoms with E-state index >= 15 is 0 Å². The molecule has 0 atom stereocenters. The van der Waals surface area contributed by atoms with Gasteiger partial charge in [-0.05, 0) is 41.7 Å². The fraction of sp³-hybridized carbons (Fsp3) is 0.391. The van der Waals surface area contributed by atoms with Gasteiger partial charge in [-0.15, -0.1) is 24.0 Å². The zero-order chi connectivity index (χ0) is 21.3. The van der Waals surface area contributed by atoms with Gasteiger partial charge in [0.05, 0.1) is 7.11 Å². The number of hydrogen-bond donors (Lipinski definition) is 2. The molecule has 0 spiro atoms. The third kappa shape index (κ3) is 7.57. The number of carbonyl (C=O) groups is 1. The zero-order valence-corrected chi connectivity index (χ0v) is 21.1.